The van der Waals surface area contributed by atoms with Crippen LogP contribution < -0.4 is 20.7 Å². The van der Waals surface area contributed by atoms with Gasteiger partial charge in [-0.3, -0.25) is 4.79 Å². The Morgan fingerprint density at radius 3 is 2.44 bits per heavy atom. The van der Waals surface area contributed by atoms with Gasteiger partial charge in [-0.15, -0.1) is 0 Å². The van der Waals surface area contributed by atoms with Gasteiger partial charge in [0.05, 0.1) is 18.9 Å². The molecule has 32 heavy (non-hydrogen) atoms. The van der Waals surface area contributed by atoms with Crippen molar-refractivity contribution in [3.63, 3.8) is 0 Å². The van der Waals surface area contributed by atoms with Crippen molar-refractivity contribution in [1.82, 2.24) is 10.6 Å². The third-order valence-electron chi connectivity index (χ3n) is 4.60. The number of nitrogens with one attached hydrogen (secondary N) is 3. The smallest absolute Gasteiger partial charge is 0.251 e. The van der Waals surface area contributed by atoms with Gasteiger partial charge in [0.2, 0.25) is 0 Å². The normalized spacial score (nSPS) is 11.3. The number of amides is 1. The van der Waals surface area contributed by atoms with Gasteiger partial charge in [-0.05, 0) is 67.9 Å². The fraction of sp³-hybridized carbons (Fsp3) is 0.280. The summed E-state index contributed by atoms with van der Waals surface area (Å²) in [5, 5.41) is 9.31. The molecule has 2 aromatic carbocycles. The maximum absolute atomic E-state index is 11.7. The molecule has 3 N–H and O–H groups in total. The molecule has 1 amide bonds. The van der Waals surface area contributed by atoms with Crippen LogP contribution in [-0.2, 0) is 13.0 Å². The molecule has 0 fully saturated rings. The zero-order chi connectivity index (χ0) is 22.8. The molecule has 0 spiro atoms. The highest BCUT2D eigenvalue weighted by atomic mass is 16.5. The maximum Gasteiger partial charge on any atom is 0.251 e. The largest absolute Gasteiger partial charge is 0.491 e. The van der Waals surface area contributed by atoms with Gasteiger partial charge >= 0.3 is 0 Å². The number of furan rings is 1. The lowest BCUT2D eigenvalue weighted by molar-refractivity contribution is 0.0963. The van der Waals surface area contributed by atoms with E-state index < -0.39 is 0 Å². The number of benzene rings is 2. The fourth-order valence-corrected chi connectivity index (χ4v) is 3.00. The van der Waals surface area contributed by atoms with E-state index >= 15 is 0 Å². The number of guanidine groups is 1. The molecule has 168 valence electrons. The predicted molar refractivity (Wildman–Crippen MR) is 127 cm³/mol. The number of nitrogens with zero attached hydrogens (tertiary/aromatic N) is 1. The number of hydrogen-bond acceptors (Lipinski definition) is 4. The molecule has 3 aromatic rings. The summed E-state index contributed by atoms with van der Waals surface area (Å²) in [4.78, 5) is 16.4. The van der Waals surface area contributed by atoms with Gasteiger partial charge in [0, 0.05) is 31.3 Å². The Balaban J connectivity index is 1.66. The molecule has 0 unspecified atom stereocenters. The molecular weight excluding hydrogens is 404 g/mol. The predicted octanol–water partition coefficient (Wildman–Crippen LogP) is 4.23. The van der Waals surface area contributed by atoms with Gasteiger partial charge in [-0.2, -0.15) is 0 Å². The summed E-state index contributed by atoms with van der Waals surface area (Å²) in [5.41, 5.74) is 2.53. The molecule has 1 aromatic heterocycles. The fourth-order valence-electron chi connectivity index (χ4n) is 3.00. The number of aliphatic imine (C=N–C) groups is 1. The summed E-state index contributed by atoms with van der Waals surface area (Å²) in [7, 11) is 1.62. The van der Waals surface area contributed by atoms with Crippen molar-refractivity contribution >= 4 is 17.6 Å². The molecule has 0 radical (unpaired) electrons. The van der Waals surface area contributed by atoms with Crippen molar-refractivity contribution in [2.24, 2.45) is 4.99 Å². The molecule has 0 aliphatic rings. The van der Waals surface area contributed by atoms with E-state index in [1.165, 1.54) is 0 Å². The lowest BCUT2D eigenvalue weighted by Gasteiger charge is -2.14. The van der Waals surface area contributed by atoms with E-state index in [2.05, 4.69) is 16.0 Å². The lowest BCUT2D eigenvalue weighted by Crippen LogP contribution is -2.32. The van der Waals surface area contributed by atoms with Crippen LogP contribution in [0.5, 0.6) is 5.75 Å². The van der Waals surface area contributed by atoms with Crippen LogP contribution in [0.25, 0.3) is 0 Å². The third kappa shape index (κ3) is 7.19. The van der Waals surface area contributed by atoms with Gasteiger partial charge in [-0.1, -0.05) is 12.1 Å². The lowest BCUT2D eigenvalue weighted by atomic mass is 10.1. The maximum atomic E-state index is 11.7. The Bertz CT molecular complexity index is 995. The number of carbonyl (C=O) groups excluding carboxylic acids is 1. The first-order valence-electron chi connectivity index (χ1n) is 10.7. The van der Waals surface area contributed by atoms with Crippen LogP contribution in [-0.4, -0.2) is 31.6 Å². The Morgan fingerprint density at radius 1 is 1.06 bits per heavy atom. The summed E-state index contributed by atoms with van der Waals surface area (Å²) >= 11 is 0. The van der Waals surface area contributed by atoms with E-state index in [9.17, 15) is 4.79 Å². The SMILES string of the molecule is CNC(=O)c1ccc(CN=C(NCCc2ccco2)Nc2ccc(OC(C)C)cc2)cc1. The molecule has 7 heteroatoms. The van der Waals surface area contributed by atoms with E-state index in [-0.39, 0.29) is 12.0 Å². The number of carbonyl (C=O) groups is 1. The summed E-state index contributed by atoms with van der Waals surface area (Å²) in [6.45, 7) is 5.14. The zero-order valence-electron chi connectivity index (χ0n) is 18.7. The van der Waals surface area contributed by atoms with E-state index in [0.717, 1.165) is 29.2 Å². The molecule has 0 aliphatic heterocycles. The first-order chi connectivity index (χ1) is 15.5. The van der Waals surface area contributed by atoms with Crippen molar-refractivity contribution in [1.29, 1.82) is 0 Å². The average molecular weight is 435 g/mol. The van der Waals surface area contributed by atoms with Gasteiger partial charge < -0.3 is 25.1 Å². The van der Waals surface area contributed by atoms with Gasteiger partial charge in [0.15, 0.2) is 5.96 Å². The highest BCUT2D eigenvalue weighted by molar-refractivity contribution is 5.94. The van der Waals surface area contributed by atoms with E-state index in [4.69, 9.17) is 14.1 Å². The van der Waals surface area contributed by atoms with E-state index in [0.29, 0.717) is 24.6 Å². The van der Waals surface area contributed by atoms with E-state index in [1.54, 1.807) is 25.4 Å². The first-order valence-corrected chi connectivity index (χ1v) is 10.7. The second-order valence-electron chi connectivity index (χ2n) is 7.51. The van der Waals surface area contributed by atoms with Crippen LogP contribution in [0.2, 0.25) is 0 Å². The standard InChI is InChI=1S/C25H30N4O3/c1-18(2)32-23-12-10-21(11-13-23)29-25(27-15-14-22-5-4-16-31-22)28-17-19-6-8-20(9-7-19)24(30)26-3/h4-13,16,18H,14-15,17H2,1-3H3,(H,26,30)(H2,27,28,29). The number of rotatable bonds is 9. The summed E-state index contributed by atoms with van der Waals surface area (Å²) in [6.07, 6.45) is 2.55. The molecular formula is C25H30N4O3. The van der Waals surface area contributed by atoms with Gasteiger partial charge in [0.1, 0.15) is 11.5 Å². The molecule has 7 nitrogen and oxygen atoms in total. The number of ether oxygens (including phenoxy) is 1. The highest BCUT2D eigenvalue weighted by Gasteiger charge is 2.05. The number of hydrogen-bond donors (Lipinski definition) is 3. The molecule has 0 bridgehead atoms. The van der Waals surface area contributed by atoms with Crippen molar-refractivity contribution in [3.05, 3.63) is 83.8 Å². The minimum atomic E-state index is -0.105. The van der Waals surface area contributed by atoms with Crippen molar-refractivity contribution in [3.8, 4) is 5.75 Å². The molecule has 0 saturated heterocycles. The Labute approximate surface area is 188 Å². The van der Waals surface area contributed by atoms with Gasteiger partial charge in [0.25, 0.3) is 5.91 Å². The third-order valence-corrected chi connectivity index (χ3v) is 4.60. The Kier molecular flexibility index (Phi) is 8.31. The van der Waals surface area contributed by atoms with Crippen LogP contribution in [0.1, 0.15) is 35.5 Å². The van der Waals surface area contributed by atoms with Crippen molar-refractivity contribution in [2.45, 2.75) is 32.9 Å². The summed E-state index contributed by atoms with van der Waals surface area (Å²) < 4.78 is 11.1. The van der Waals surface area contributed by atoms with Gasteiger partial charge in [-0.25, -0.2) is 4.99 Å². The highest BCUT2D eigenvalue weighted by Crippen LogP contribution is 2.17. The molecule has 0 atom stereocenters. The molecule has 3 rings (SSSR count). The van der Waals surface area contributed by atoms with Crippen LogP contribution in [0.4, 0.5) is 5.69 Å². The van der Waals surface area contributed by atoms with Crippen LogP contribution >= 0.6 is 0 Å². The Hall–Kier alpha value is -3.74. The minimum Gasteiger partial charge on any atom is -0.491 e. The number of anilines is 1. The van der Waals surface area contributed by atoms with Crippen LogP contribution in [0.3, 0.4) is 0 Å². The zero-order valence-corrected chi connectivity index (χ0v) is 18.7. The first kappa shape index (κ1) is 22.9. The second kappa shape index (κ2) is 11.6. The van der Waals surface area contributed by atoms with Crippen LogP contribution in [0, 0.1) is 0 Å². The molecule has 0 saturated carbocycles. The summed E-state index contributed by atoms with van der Waals surface area (Å²) in [5.74, 6) is 2.29. The molecule has 0 aliphatic carbocycles. The Morgan fingerprint density at radius 2 is 1.81 bits per heavy atom. The minimum absolute atomic E-state index is 0.105. The second-order valence-corrected chi connectivity index (χ2v) is 7.51. The van der Waals surface area contributed by atoms with Crippen molar-refractivity contribution in [2.75, 3.05) is 18.9 Å². The van der Waals surface area contributed by atoms with Crippen LogP contribution in [0.15, 0.2) is 76.3 Å². The topological polar surface area (TPSA) is 87.9 Å². The van der Waals surface area contributed by atoms with Crippen molar-refractivity contribution < 1.29 is 13.9 Å². The quantitative estimate of drug-likeness (QED) is 0.347. The average Bonchev–Trinajstić information content (AvgIpc) is 3.31. The van der Waals surface area contributed by atoms with E-state index in [1.807, 2.05) is 62.4 Å². The molecule has 1 heterocycles. The monoisotopic (exact) mass is 434 g/mol. The summed E-state index contributed by atoms with van der Waals surface area (Å²) in [6, 6.07) is 19.0.